The molecular weight excluding hydrogens is 446 g/mol. The number of fused-ring (bicyclic) bond motifs is 1. The molecule has 174 valence electrons. The second-order valence-electron chi connectivity index (χ2n) is 8.31. The van der Waals surface area contributed by atoms with Gasteiger partial charge in [-0.1, -0.05) is 36.4 Å². The summed E-state index contributed by atoms with van der Waals surface area (Å²) in [5.74, 6) is 0.379. The maximum Gasteiger partial charge on any atom is 0.263 e. The first-order valence-corrected chi connectivity index (χ1v) is 12.4. The molecule has 2 aromatic carbocycles. The van der Waals surface area contributed by atoms with E-state index >= 15 is 0 Å². The van der Waals surface area contributed by atoms with Crippen molar-refractivity contribution in [3.8, 4) is 0 Å². The molecule has 1 amide bonds. The number of aromatic nitrogens is 2. The van der Waals surface area contributed by atoms with Gasteiger partial charge in [0.05, 0.1) is 10.9 Å². The van der Waals surface area contributed by atoms with Gasteiger partial charge < -0.3 is 15.1 Å². The number of carbonyl (C=O) groups is 1. The van der Waals surface area contributed by atoms with Crippen LogP contribution in [0.25, 0.3) is 10.9 Å². The molecule has 1 aliphatic heterocycles. The Kier molecular flexibility index (Phi) is 6.58. The van der Waals surface area contributed by atoms with Gasteiger partial charge in [-0.25, -0.2) is 4.98 Å². The van der Waals surface area contributed by atoms with Crippen LogP contribution in [-0.2, 0) is 17.8 Å². The molecule has 5 rings (SSSR count). The molecule has 1 fully saturated rings. The smallest absolute Gasteiger partial charge is 0.263 e. The van der Waals surface area contributed by atoms with E-state index in [0.717, 1.165) is 32.6 Å². The van der Waals surface area contributed by atoms with Gasteiger partial charge in [-0.3, -0.25) is 14.2 Å². The van der Waals surface area contributed by atoms with E-state index in [1.165, 1.54) is 15.1 Å². The number of carbonyl (C=O) groups excluding carboxylic acids is 1. The lowest BCUT2D eigenvalue weighted by Gasteiger charge is -2.37. The van der Waals surface area contributed by atoms with Gasteiger partial charge >= 0.3 is 0 Å². The predicted octanol–water partition coefficient (Wildman–Crippen LogP) is 3.14. The topological polar surface area (TPSA) is 70.5 Å². The second-order valence-corrected chi connectivity index (χ2v) is 9.34. The number of rotatable bonds is 7. The minimum absolute atomic E-state index is 0.0463. The molecule has 0 unspecified atom stereocenters. The highest BCUT2D eigenvalue weighted by Gasteiger charge is 2.23. The van der Waals surface area contributed by atoms with Gasteiger partial charge in [0, 0.05) is 43.3 Å². The number of nitrogens with one attached hydrogen (secondary N) is 1. The molecule has 0 radical (unpaired) electrons. The Morgan fingerprint density at radius 2 is 1.65 bits per heavy atom. The van der Waals surface area contributed by atoms with Crippen LogP contribution < -0.4 is 20.7 Å². The van der Waals surface area contributed by atoms with E-state index in [4.69, 9.17) is 4.98 Å². The number of nitrogens with zero attached hydrogens (tertiary/aromatic N) is 4. The molecule has 0 atom stereocenters. The number of thiophene rings is 1. The van der Waals surface area contributed by atoms with Crippen molar-refractivity contribution in [2.45, 2.75) is 13.0 Å². The summed E-state index contributed by atoms with van der Waals surface area (Å²) < 4.78 is 1.53. The Bertz CT molecular complexity index is 1310. The number of amides is 1. The molecule has 0 spiro atoms. The Hall–Kier alpha value is -3.65. The normalized spacial score (nSPS) is 13.9. The van der Waals surface area contributed by atoms with Gasteiger partial charge in [0.15, 0.2) is 0 Å². The van der Waals surface area contributed by atoms with Gasteiger partial charge in [0.2, 0.25) is 11.9 Å². The van der Waals surface area contributed by atoms with Crippen LogP contribution in [0.1, 0.15) is 4.88 Å². The first-order chi connectivity index (χ1) is 16.7. The largest absolute Gasteiger partial charge is 0.368 e. The average molecular weight is 474 g/mol. The predicted molar refractivity (Wildman–Crippen MR) is 138 cm³/mol. The molecule has 0 bridgehead atoms. The summed E-state index contributed by atoms with van der Waals surface area (Å²) >= 11 is 1.68. The van der Waals surface area contributed by atoms with Crippen molar-refractivity contribution >= 4 is 39.8 Å². The summed E-state index contributed by atoms with van der Waals surface area (Å²) in [5, 5.41) is 5.51. The Balaban J connectivity index is 1.36. The number of anilines is 2. The molecule has 3 heterocycles. The monoisotopic (exact) mass is 473 g/mol. The molecule has 34 heavy (non-hydrogen) atoms. The number of piperazine rings is 1. The van der Waals surface area contributed by atoms with Crippen LogP contribution in [-0.4, -0.2) is 48.2 Å². The molecule has 7 nitrogen and oxygen atoms in total. The summed E-state index contributed by atoms with van der Waals surface area (Å²) in [5.41, 5.74) is 1.66. The van der Waals surface area contributed by atoms with Gasteiger partial charge in [0.25, 0.3) is 5.56 Å². The van der Waals surface area contributed by atoms with E-state index < -0.39 is 0 Å². The van der Waals surface area contributed by atoms with Crippen LogP contribution >= 0.6 is 11.3 Å². The lowest BCUT2D eigenvalue weighted by Crippen LogP contribution is -2.49. The van der Waals surface area contributed by atoms with Crippen LogP contribution in [0, 0.1) is 0 Å². The number of hydrogen-bond donors (Lipinski definition) is 1. The minimum atomic E-state index is -0.181. The highest BCUT2D eigenvalue weighted by molar-refractivity contribution is 7.09. The Labute approximate surface area is 202 Å². The van der Waals surface area contributed by atoms with E-state index in [1.807, 2.05) is 47.8 Å². The van der Waals surface area contributed by atoms with Gasteiger partial charge in [-0.05, 0) is 42.1 Å². The van der Waals surface area contributed by atoms with Gasteiger partial charge in [-0.15, -0.1) is 11.3 Å². The van der Waals surface area contributed by atoms with Crippen molar-refractivity contribution in [3.63, 3.8) is 0 Å². The zero-order chi connectivity index (χ0) is 23.3. The molecule has 4 aromatic rings. The molecule has 0 aliphatic carbocycles. The summed E-state index contributed by atoms with van der Waals surface area (Å²) in [4.78, 5) is 36.7. The number of benzene rings is 2. The van der Waals surface area contributed by atoms with Crippen molar-refractivity contribution in [1.29, 1.82) is 0 Å². The Morgan fingerprint density at radius 3 is 2.41 bits per heavy atom. The molecule has 0 saturated carbocycles. The van der Waals surface area contributed by atoms with Crippen molar-refractivity contribution in [3.05, 3.63) is 87.3 Å². The van der Waals surface area contributed by atoms with Gasteiger partial charge in [-0.2, -0.15) is 0 Å². The summed E-state index contributed by atoms with van der Waals surface area (Å²) in [7, 11) is 0. The third kappa shape index (κ3) is 4.82. The van der Waals surface area contributed by atoms with E-state index in [9.17, 15) is 9.59 Å². The van der Waals surface area contributed by atoms with Gasteiger partial charge in [0.1, 0.15) is 6.54 Å². The lowest BCUT2D eigenvalue weighted by atomic mass is 10.2. The molecular formula is C26H27N5O2S. The molecule has 8 heteroatoms. The fourth-order valence-corrected chi connectivity index (χ4v) is 5.03. The molecule has 1 saturated heterocycles. The first-order valence-electron chi connectivity index (χ1n) is 11.5. The van der Waals surface area contributed by atoms with Crippen molar-refractivity contribution in [2.75, 3.05) is 42.5 Å². The summed E-state index contributed by atoms with van der Waals surface area (Å²) in [6.45, 7) is 3.58. The SMILES string of the molecule is O=C(Cn1c(N2CCN(c3ccccc3)CC2)nc2ccccc2c1=O)NCCc1cccs1. The van der Waals surface area contributed by atoms with Crippen LogP contribution in [0.2, 0.25) is 0 Å². The number of hydrogen-bond acceptors (Lipinski definition) is 6. The summed E-state index contributed by atoms with van der Waals surface area (Å²) in [6, 6.07) is 21.7. The molecule has 1 aliphatic rings. The molecule has 2 aromatic heterocycles. The third-order valence-electron chi connectivity index (χ3n) is 6.10. The first kappa shape index (κ1) is 22.2. The van der Waals surface area contributed by atoms with Crippen LogP contribution in [0.5, 0.6) is 0 Å². The van der Waals surface area contributed by atoms with E-state index in [0.29, 0.717) is 23.4 Å². The van der Waals surface area contributed by atoms with E-state index in [-0.39, 0.29) is 18.0 Å². The lowest BCUT2D eigenvalue weighted by molar-refractivity contribution is -0.121. The third-order valence-corrected chi connectivity index (χ3v) is 7.04. The number of para-hydroxylation sites is 2. The highest BCUT2D eigenvalue weighted by Crippen LogP contribution is 2.20. The van der Waals surface area contributed by atoms with Crippen molar-refractivity contribution in [2.24, 2.45) is 0 Å². The van der Waals surface area contributed by atoms with Crippen LogP contribution in [0.15, 0.2) is 76.9 Å². The fraction of sp³-hybridized carbons (Fsp3) is 0.269. The standard InChI is InChI=1S/C26H27N5O2S/c32-24(27-13-12-21-9-6-18-34-21)19-31-25(33)22-10-4-5-11-23(22)28-26(31)30-16-14-29(15-17-30)20-7-2-1-3-8-20/h1-11,18H,12-17,19H2,(H,27,32). The zero-order valence-corrected chi connectivity index (χ0v) is 19.7. The zero-order valence-electron chi connectivity index (χ0n) is 18.9. The minimum Gasteiger partial charge on any atom is -0.368 e. The van der Waals surface area contributed by atoms with E-state index in [2.05, 4.69) is 33.3 Å². The second kappa shape index (κ2) is 10.1. The Morgan fingerprint density at radius 1 is 0.912 bits per heavy atom. The average Bonchev–Trinajstić information content (AvgIpc) is 3.40. The highest BCUT2D eigenvalue weighted by atomic mass is 32.1. The quantitative estimate of drug-likeness (QED) is 0.447. The van der Waals surface area contributed by atoms with Crippen LogP contribution in [0.4, 0.5) is 11.6 Å². The van der Waals surface area contributed by atoms with E-state index in [1.54, 1.807) is 17.4 Å². The molecule has 1 N–H and O–H groups in total. The van der Waals surface area contributed by atoms with Crippen molar-refractivity contribution < 1.29 is 4.79 Å². The van der Waals surface area contributed by atoms with Crippen molar-refractivity contribution in [1.82, 2.24) is 14.9 Å². The summed E-state index contributed by atoms with van der Waals surface area (Å²) in [6.07, 6.45) is 0.780. The maximum absolute atomic E-state index is 13.4. The van der Waals surface area contributed by atoms with Crippen LogP contribution in [0.3, 0.4) is 0 Å². The fourth-order valence-electron chi connectivity index (χ4n) is 4.32. The maximum atomic E-state index is 13.4.